The van der Waals surface area contributed by atoms with E-state index in [1.54, 1.807) is 47.5 Å². The number of aliphatic imine (C=N–C) groups is 1. The van der Waals surface area contributed by atoms with E-state index in [2.05, 4.69) is 14.5 Å². The SMILES string of the molecule is NCC1=C(c2ccccc2OC(F)F)N(c2ccccc2OC(F)F)CC=N1. The number of hydrogen-bond acceptors (Lipinski definition) is 5. The second kappa shape index (κ2) is 8.75. The van der Waals surface area contributed by atoms with Crippen molar-refractivity contribution in [2.45, 2.75) is 13.2 Å². The van der Waals surface area contributed by atoms with E-state index in [1.165, 1.54) is 12.1 Å². The van der Waals surface area contributed by atoms with Gasteiger partial charge in [0.1, 0.15) is 11.5 Å². The Hall–Kier alpha value is -3.07. The predicted octanol–water partition coefficient (Wildman–Crippen LogP) is 4.11. The van der Waals surface area contributed by atoms with Gasteiger partial charge in [0.2, 0.25) is 0 Å². The summed E-state index contributed by atoms with van der Waals surface area (Å²) in [6.45, 7) is -5.84. The first kappa shape index (κ1) is 19.7. The molecule has 0 aliphatic carbocycles. The third-order valence-electron chi connectivity index (χ3n) is 3.98. The summed E-state index contributed by atoms with van der Waals surface area (Å²) in [5.41, 5.74) is 7.21. The van der Waals surface area contributed by atoms with E-state index in [-0.39, 0.29) is 24.6 Å². The summed E-state index contributed by atoms with van der Waals surface area (Å²) in [4.78, 5) is 5.87. The lowest BCUT2D eigenvalue weighted by molar-refractivity contribution is -0.0506. The molecule has 2 aromatic rings. The van der Waals surface area contributed by atoms with E-state index in [4.69, 9.17) is 5.73 Å². The monoisotopic (exact) mass is 395 g/mol. The fraction of sp³-hybridized carbons (Fsp3) is 0.211. The van der Waals surface area contributed by atoms with Crippen molar-refractivity contribution in [1.29, 1.82) is 0 Å². The average molecular weight is 395 g/mol. The first-order chi connectivity index (χ1) is 13.5. The number of para-hydroxylation sites is 3. The molecule has 1 aliphatic heterocycles. The highest BCUT2D eigenvalue weighted by atomic mass is 19.3. The summed E-state index contributed by atoms with van der Waals surface area (Å²) < 4.78 is 60.7. The van der Waals surface area contributed by atoms with Crippen LogP contribution in [-0.4, -0.2) is 32.5 Å². The van der Waals surface area contributed by atoms with Crippen molar-refractivity contribution in [1.82, 2.24) is 0 Å². The molecule has 0 unspecified atom stereocenters. The van der Waals surface area contributed by atoms with Gasteiger partial charge in [0.05, 0.1) is 23.6 Å². The Kier molecular flexibility index (Phi) is 6.15. The van der Waals surface area contributed by atoms with Crippen LogP contribution in [0.5, 0.6) is 11.5 Å². The lowest BCUT2D eigenvalue weighted by atomic mass is 10.0. The van der Waals surface area contributed by atoms with E-state index in [0.717, 1.165) is 0 Å². The Morgan fingerprint density at radius 3 is 2.21 bits per heavy atom. The van der Waals surface area contributed by atoms with Gasteiger partial charge in [-0.25, -0.2) is 0 Å². The highest BCUT2D eigenvalue weighted by molar-refractivity contribution is 5.92. The van der Waals surface area contributed by atoms with Gasteiger partial charge in [-0.3, -0.25) is 4.99 Å². The minimum absolute atomic E-state index is 0.00319. The van der Waals surface area contributed by atoms with Crippen LogP contribution in [0.25, 0.3) is 5.70 Å². The molecule has 5 nitrogen and oxygen atoms in total. The summed E-state index contributed by atoms with van der Waals surface area (Å²) in [6.07, 6.45) is 1.56. The van der Waals surface area contributed by atoms with Crippen LogP contribution in [0.2, 0.25) is 0 Å². The molecule has 0 radical (unpaired) electrons. The van der Waals surface area contributed by atoms with Gasteiger partial charge in [-0.05, 0) is 24.3 Å². The lowest BCUT2D eigenvalue weighted by Gasteiger charge is -2.32. The van der Waals surface area contributed by atoms with Crippen LogP contribution >= 0.6 is 0 Å². The average Bonchev–Trinajstić information content (AvgIpc) is 2.67. The predicted molar refractivity (Wildman–Crippen MR) is 98.0 cm³/mol. The van der Waals surface area contributed by atoms with E-state index in [9.17, 15) is 17.6 Å². The van der Waals surface area contributed by atoms with Crippen LogP contribution in [0.15, 0.2) is 59.2 Å². The molecule has 148 valence electrons. The minimum Gasteiger partial charge on any atom is -0.434 e. The van der Waals surface area contributed by atoms with Crippen LogP contribution in [0, 0.1) is 0 Å². The Morgan fingerprint density at radius 1 is 0.929 bits per heavy atom. The molecule has 0 saturated carbocycles. The molecule has 28 heavy (non-hydrogen) atoms. The zero-order valence-corrected chi connectivity index (χ0v) is 14.6. The van der Waals surface area contributed by atoms with Crippen molar-refractivity contribution in [2.24, 2.45) is 10.7 Å². The topological polar surface area (TPSA) is 60.1 Å². The first-order valence-corrected chi connectivity index (χ1v) is 8.32. The van der Waals surface area contributed by atoms with Crippen LogP contribution in [0.1, 0.15) is 5.56 Å². The maximum atomic E-state index is 12.9. The standard InChI is InChI=1S/C19H17F4N3O2/c20-18(21)27-15-7-3-1-5-12(15)17-13(11-24)25-9-10-26(17)14-6-2-4-8-16(14)28-19(22)23/h1-9,18-19H,10-11,24H2. The van der Waals surface area contributed by atoms with E-state index >= 15 is 0 Å². The normalized spacial score (nSPS) is 14.2. The number of nitrogens with zero attached hydrogens (tertiary/aromatic N) is 2. The molecule has 2 aromatic carbocycles. The van der Waals surface area contributed by atoms with Gasteiger partial charge < -0.3 is 20.1 Å². The van der Waals surface area contributed by atoms with Gasteiger partial charge in [0.25, 0.3) is 0 Å². The number of nitrogens with two attached hydrogens (primary N) is 1. The smallest absolute Gasteiger partial charge is 0.387 e. The number of halogens is 4. The zero-order chi connectivity index (χ0) is 20.1. The van der Waals surface area contributed by atoms with Gasteiger partial charge in [0, 0.05) is 18.3 Å². The van der Waals surface area contributed by atoms with Crippen molar-refractivity contribution in [3.63, 3.8) is 0 Å². The van der Waals surface area contributed by atoms with Crippen LogP contribution in [0.3, 0.4) is 0 Å². The fourth-order valence-corrected chi connectivity index (χ4v) is 2.95. The maximum Gasteiger partial charge on any atom is 0.387 e. The number of hydrogen-bond donors (Lipinski definition) is 1. The number of ether oxygens (including phenoxy) is 2. The number of anilines is 1. The summed E-state index contributed by atoms with van der Waals surface area (Å²) in [5.74, 6) is -0.137. The molecule has 0 amide bonds. The molecule has 0 saturated heterocycles. The second-order valence-corrected chi connectivity index (χ2v) is 5.64. The van der Waals surface area contributed by atoms with E-state index < -0.39 is 13.2 Å². The zero-order valence-electron chi connectivity index (χ0n) is 14.6. The van der Waals surface area contributed by atoms with Gasteiger partial charge >= 0.3 is 13.2 Å². The maximum absolute atomic E-state index is 12.9. The summed E-state index contributed by atoms with van der Waals surface area (Å²) in [5, 5.41) is 0. The van der Waals surface area contributed by atoms with E-state index in [1.807, 2.05) is 0 Å². The Balaban J connectivity index is 2.15. The minimum atomic E-state index is -3.03. The molecule has 0 aromatic heterocycles. The van der Waals surface area contributed by atoms with Gasteiger partial charge in [-0.2, -0.15) is 17.6 Å². The lowest BCUT2D eigenvalue weighted by Crippen LogP contribution is -2.30. The highest BCUT2D eigenvalue weighted by Gasteiger charge is 2.26. The van der Waals surface area contributed by atoms with Gasteiger partial charge in [0.15, 0.2) is 0 Å². The molecule has 1 heterocycles. The number of rotatable bonds is 7. The third-order valence-corrected chi connectivity index (χ3v) is 3.98. The van der Waals surface area contributed by atoms with Crippen LogP contribution < -0.4 is 20.1 Å². The molecule has 3 rings (SSSR count). The number of alkyl halides is 4. The van der Waals surface area contributed by atoms with Crippen molar-refractivity contribution in [3.8, 4) is 11.5 Å². The molecular formula is C19H17F4N3O2. The van der Waals surface area contributed by atoms with Gasteiger partial charge in [-0.1, -0.05) is 24.3 Å². The largest absolute Gasteiger partial charge is 0.434 e. The molecule has 9 heteroatoms. The van der Waals surface area contributed by atoms with Crippen molar-refractivity contribution >= 4 is 17.6 Å². The summed E-state index contributed by atoms with van der Waals surface area (Å²) in [6, 6.07) is 12.4. The molecule has 2 N–H and O–H groups in total. The first-order valence-electron chi connectivity index (χ1n) is 8.32. The van der Waals surface area contributed by atoms with Crippen molar-refractivity contribution in [3.05, 3.63) is 59.8 Å². The molecule has 0 spiro atoms. The quantitative estimate of drug-likeness (QED) is 0.717. The third kappa shape index (κ3) is 4.25. The molecular weight excluding hydrogens is 378 g/mol. The molecule has 0 atom stereocenters. The van der Waals surface area contributed by atoms with Gasteiger partial charge in [-0.15, -0.1) is 0 Å². The highest BCUT2D eigenvalue weighted by Crippen LogP contribution is 2.40. The Labute approximate surface area is 158 Å². The second-order valence-electron chi connectivity index (χ2n) is 5.64. The Bertz CT molecular complexity index is 887. The molecule has 1 aliphatic rings. The van der Waals surface area contributed by atoms with Crippen molar-refractivity contribution < 1.29 is 27.0 Å². The Morgan fingerprint density at radius 2 is 1.54 bits per heavy atom. The summed E-state index contributed by atoms with van der Waals surface area (Å²) >= 11 is 0. The summed E-state index contributed by atoms with van der Waals surface area (Å²) in [7, 11) is 0. The number of benzene rings is 2. The fourth-order valence-electron chi connectivity index (χ4n) is 2.95. The molecule has 0 fully saturated rings. The van der Waals surface area contributed by atoms with Crippen LogP contribution in [0.4, 0.5) is 23.2 Å². The van der Waals surface area contributed by atoms with Crippen molar-refractivity contribution in [2.75, 3.05) is 18.0 Å². The molecule has 0 bridgehead atoms. The van der Waals surface area contributed by atoms with E-state index in [0.29, 0.717) is 22.6 Å². The van der Waals surface area contributed by atoms with Crippen LogP contribution in [-0.2, 0) is 0 Å².